The second-order valence-electron chi connectivity index (χ2n) is 7.82. The summed E-state index contributed by atoms with van der Waals surface area (Å²) in [6, 6.07) is 9.04. The van der Waals surface area contributed by atoms with E-state index in [2.05, 4.69) is 10.2 Å². The monoisotopic (exact) mass is 445 g/mol. The number of sulfonamides is 1. The Bertz CT molecular complexity index is 1140. The Morgan fingerprint density at radius 1 is 0.968 bits per heavy atom. The molecule has 0 aromatic heterocycles. The first kappa shape index (κ1) is 20.1. The predicted molar refractivity (Wildman–Crippen MR) is 112 cm³/mol. The second-order valence-corrected chi connectivity index (χ2v) is 9.72. The van der Waals surface area contributed by atoms with Gasteiger partial charge in [-0.1, -0.05) is 6.07 Å². The van der Waals surface area contributed by atoms with Gasteiger partial charge < -0.3 is 19.5 Å². The minimum atomic E-state index is -3.67. The summed E-state index contributed by atoms with van der Waals surface area (Å²) in [6.07, 6.45) is 0. The maximum atomic E-state index is 13.3. The van der Waals surface area contributed by atoms with Gasteiger partial charge >= 0.3 is 0 Å². The molecule has 0 spiro atoms. The van der Waals surface area contributed by atoms with E-state index < -0.39 is 10.0 Å². The summed E-state index contributed by atoms with van der Waals surface area (Å²) in [5.74, 6) is 1.63. The zero-order valence-electron chi connectivity index (χ0n) is 17.1. The van der Waals surface area contributed by atoms with Gasteiger partial charge in [-0.25, -0.2) is 8.42 Å². The highest BCUT2D eigenvalue weighted by molar-refractivity contribution is 7.89. The Morgan fingerprint density at radius 2 is 1.74 bits per heavy atom. The minimum absolute atomic E-state index is 0.117. The van der Waals surface area contributed by atoms with Gasteiger partial charge in [-0.15, -0.1) is 0 Å². The number of nitrogens with one attached hydrogen (secondary N) is 1. The van der Waals surface area contributed by atoms with Crippen LogP contribution >= 0.6 is 0 Å². The normalized spacial score (nSPS) is 18.9. The first-order valence-electron chi connectivity index (χ1n) is 10.1. The summed E-state index contributed by atoms with van der Waals surface area (Å²) >= 11 is 0. The van der Waals surface area contributed by atoms with E-state index in [1.165, 1.54) is 10.4 Å². The SMILES string of the molecule is Cc1cc2c(cc1S(=O)(=O)N1CCN(Cc3ccc4c(c3)OCO4)CC1)OCC(=O)N2. The summed E-state index contributed by atoms with van der Waals surface area (Å²) in [4.78, 5) is 13.9. The number of rotatable bonds is 4. The minimum Gasteiger partial charge on any atom is -0.482 e. The number of aryl methyl sites for hydroxylation is 1. The van der Waals surface area contributed by atoms with Crippen LogP contribution in [0.2, 0.25) is 0 Å². The fourth-order valence-electron chi connectivity index (χ4n) is 4.06. The molecular formula is C21H23N3O6S. The summed E-state index contributed by atoms with van der Waals surface area (Å²) in [5.41, 5.74) is 2.18. The maximum Gasteiger partial charge on any atom is 0.262 e. The number of ether oxygens (including phenoxy) is 3. The van der Waals surface area contributed by atoms with Crippen LogP contribution in [0.15, 0.2) is 35.2 Å². The van der Waals surface area contributed by atoms with Crippen LogP contribution in [0.25, 0.3) is 0 Å². The van der Waals surface area contributed by atoms with Gasteiger partial charge in [0, 0.05) is 38.8 Å². The van der Waals surface area contributed by atoms with Crippen molar-refractivity contribution in [2.75, 3.05) is 44.9 Å². The third-order valence-corrected chi connectivity index (χ3v) is 7.74. The van der Waals surface area contributed by atoms with Crippen LogP contribution in [0.3, 0.4) is 0 Å². The fourth-order valence-corrected chi connectivity index (χ4v) is 5.70. The summed E-state index contributed by atoms with van der Waals surface area (Å²) < 4.78 is 44.3. The number of benzene rings is 2. The zero-order chi connectivity index (χ0) is 21.6. The Labute approximate surface area is 180 Å². The molecule has 31 heavy (non-hydrogen) atoms. The lowest BCUT2D eigenvalue weighted by atomic mass is 10.2. The molecule has 0 bridgehead atoms. The molecule has 5 rings (SSSR count). The number of carbonyl (C=O) groups is 1. The first-order valence-corrected chi connectivity index (χ1v) is 11.5. The molecule has 3 heterocycles. The smallest absolute Gasteiger partial charge is 0.262 e. The third kappa shape index (κ3) is 3.82. The van der Waals surface area contributed by atoms with Crippen molar-refractivity contribution in [3.63, 3.8) is 0 Å². The number of amides is 1. The van der Waals surface area contributed by atoms with E-state index in [4.69, 9.17) is 14.2 Å². The number of anilines is 1. The van der Waals surface area contributed by atoms with Crippen LogP contribution < -0.4 is 19.5 Å². The van der Waals surface area contributed by atoms with Gasteiger partial charge in [0.05, 0.1) is 10.6 Å². The first-order chi connectivity index (χ1) is 14.9. The van der Waals surface area contributed by atoms with Gasteiger partial charge in [-0.05, 0) is 36.2 Å². The van der Waals surface area contributed by atoms with Crippen LogP contribution in [0.1, 0.15) is 11.1 Å². The lowest BCUT2D eigenvalue weighted by Gasteiger charge is -2.34. The largest absolute Gasteiger partial charge is 0.482 e. The lowest BCUT2D eigenvalue weighted by molar-refractivity contribution is -0.118. The Kier molecular flexibility index (Phi) is 4.99. The molecule has 1 saturated heterocycles. The maximum absolute atomic E-state index is 13.3. The highest BCUT2D eigenvalue weighted by Gasteiger charge is 2.31. The average molecular weight is 445 g/mol. The number of carbonyl (C=O) groups excluding carboxylic acids is 1. The van der Waals surface area contributed by atoms with E-state index in [0.717, 1.165) is 23.6 Å². The number of fused-ring (bicyclic) bond motifs is 2. The lowest BCUT2D eigenvalue weighted by Crippen LogP contribution is -2.48. The van der Waals surface area contributed by atoms with Crippen molar-refractivity contribution in [3.8, 4) is 17.2 Å². The van der Waals surface area contributed by atoms with Gasteiger partial charge in [0.2, 0.25) is 16.8 Å². The van der Waals surface area contributed by atoms with E-state index in [-0.39, 0.29) is 24.2 Å². The molecule has 0 aliphatic carbocycles. The number of nitrogens with zero attached hydrogens (tertiary/aromatic N) is 2. The molecule has 10 heteroatoms. The molecule has 0 atom stereocenters. The third-order valence-electron chi connectivity index (χ3n) is 5.70. The average Bonchev–Trinajstić information content (AvgIpc) is 3.21. The Morgan fingerprint density at radius 3 is 2.55 bits per heavy atom. The second kappa shape index (κ2) is 7.70. The summed E-state index contributed by atoms with van der Waals surface area (Å²) in [6.45, 7) is 4.64. The Hall–Kier alpha value is -2.82. The molecule has 9 nitrogen and oxygen atoms in total. The molecule has 2 aromatic rings. The van der Waals surface area contributed by atoms with Gasteiger partial charge in [-0.2, -0.15) is 4.31 Å². The standard InChI is InChI=1S/C21H23N3O6S/c1-14-8-16-18(28-12-21(25)22-16)10-20(14)31(26,27)24-6-4-23(5-7-24)11-15-2-3-17-19(9-15)30-13-29-17/h2-3,8-10H,4-7,11-13H2,1H3,(H,22,25). The molecule has 0 unspecified atom stereocenters. The van der Waals surface area contributed by atoms with E-state index in [1.807, 2.05) is 18.2 Å². The molecular weight excluding hydrogens is 422 g/mol. The summed E-state index contributed by atoms with van der Waals surface area (Å²) in [5, 5.41) is 2.71. The molecule has 164 valence electrons. The van der Waals surface area contributed by atoms with E-state index in [1.54, 1.807) is 13.0 Å². The van der Waals surface area contributed by atoms with Crippen molar-refractivity contribution in [1.29, 1.82) is 0 Å². The number of hydrogen-bond acceptors (Lipinski definition) is 7. The fraction of sp³-hybridized carbons (Fsp3) is 0.381. The van der Waals surface area contributed by atoms with E-state index >= 15 is 0 Å². The molecule has 1 N–H and O–H groups in total. The van der Waals surface area contributed by atoms with Gasteiger partial charge in [0.1, 0.15) is 5.75 Å². The van der Waals surface area contributed by atoms with Gasteiger partial charge in [0.15, 0.2) is 18.1 Å². The zero-order valence-corrected chi connectivity index (χ0v) is 17.9. The molecule has 1 amide bonds. The van der Waals surface area contributed by atoms with Crippen molar-refractivity contribution in [2.24, 2.45) is 0 Å². The van der Waals surface area contributed by atoms with Gasteiger partial charge in [0.25, 0.3) is 5.91 Å². The quantitative estimate of drug-likeness (QED) is 0.763. The molecule has 0 radical (unpaired) electrons. The summed E-state index contributed by atoms with van der Waals surface area (Å²) in [7, 11) is -3.67. The van der Waals surface area contributed by atoms with Crippen molar-refractivity contribution < 1.29 is 27.4 Å². The van der Waals surface area contributed by atoms with E-state index in [9.17, 15) is 13.2 Å². The van der Waals surface area contributed by atoms with Crippen LogP contribution in [-0.2, 0) is 21.4 Å². The molecule has 3 aliphatic rings. The number of hydrogen-bond donors (Lipinski definition) is 1. The molecule has 0 saturated carbocycles. The Balaban J connectivity index is 1.27. The highest BCUT2D eigenvalue weighted by atomic mass is 32.2. The van der Waals surface area contributed by atoms with Crippen molar-refractivity contribution in [2.45, 2.75) is 18.4 Å². The topological polar surface area (TPSA) is 97.4 Å². The predicted octanol–water partition coefficient (Wildman–Crippen LogP) is 1.56. The van der Waals surface area contributed by atoms with Crippen LogP contribution in [0.4, 0.5) is 5.69 Å². The van der Waals surface area contributed by atoms with Crippen molar-refractivity contribution in [3.05, 3.63) is 41.5 Å². The molecule has 1 fully saturated rings. The van der Waals surface area contributed by atoms with Crippen LogP contribution in [0.5, 0.6) is 17.2 Å². The molecule has 2 aromatic carbocycles. The van der Waals surface area contributed by atoms with Crippen molar-refractivity contribution in [1.82, 2.24) is 9.21 Å². The van der Waals surface area contributed by atoms with Crippen LogP contribution in [0, 0.1) is 6.92 Å². The molecule has 3 aliphatic heterocycles. The van der Waals surface area contributed by atoms with Gasteiger partial charge in [-0.3, -0.25) is 9.69 Å². The van der Waals surface area contributed by atoms with E-state index in [0.29, 0.717) is 43.2 Å². The van der Waals surface area contributed by atoms with Crippen LogP contribution in [-0.4, -0.2) is 63.1 Å². The number of piperazine rings is 1. The highest BCUT2D eigenvalue weighted by Crippen LogP contribution is 2.35. The van der Waals surface area contributed by atoms with Crippen molar-refractivity contribution >= 4 is 21.6 Å².